The van der Waals surface area contributed by atoms with Crippen molar-refractivity contribution >= 4 is 5.69 Å². The highest BCUT2D eigenvalue weighted by Crippen LogP contribution is 2.21. The monoisotopic (exact) mass is 222 g/mol. The molecular formula is C13H19FN2. The van der Waals surface area contributed by atoms with Crippen LogP contribution in [0.4, 0.5) is 10.1 Å². The Labute approximate surface area is 96.2 Å². The van der Waals surface area contributed by atoms with Gasteiger partial charge in [0.15, 0.2) is 0 Å². The molecule has 2 N–H and O–H groups in total. The molecule has 1 fully saturated rings. The first-order chi connectivity index (χ1) is 7.79. The van der Waals surface area contributed by atoms with Crippen molar-refractivity contribution in [3.8, 4) is 0 Å². The molecule has 0 bridgehead atoms. The molecule has 3 heteroatoms. The van der Waals surface area contributed by atoms with E-state index in [1.54, 1.807) is 0 Å². The van der Waals surface area contributed by atoms with E-state index < -0.39 is 6.17 Å². The second kappa shape index (κ2) is 5.30. The van der Waals surface area contributed by atoms with Gasteiger partial charge in [0, 0.05) is 25.3 Å². The van der Waals surface area contributed by atoms with Crippen LogP contribution in [0.1, 0.15) is 24.8 Å². The van der Waals surface area contributed by atoms with Crippen molar-refractivity contribution in [2.75, 3.05) is 18.0 Å². The molecule has 1 aliphatic heterocycles. The Morgan fingerprint density at radius 1 is 1.31 bits per heavy atom. The molecule has 1 aliphatic rings. The van der Waals surface area contributed by atoms with Gasteiger partial charge in [0.1, 0.15) is 6.17 Å². The van der Waals surface area contributed by atoms with Gasteiger partial charge in [-0.05, 0) is 37.0 Å². The quantitative estimate of drug-likeness (QED) is 0.833. The Morgan fingerprint density at radius 3 is 3.00 bits per heavy atom. The van der Waals surface area contributed by atoms with Crippen LogP contribution in [0, 0.1) is 0 Å². The van der Waals surface area contributed by atoms with Crippen molar-refractivity contribution < 1.29 is 4.39 Å². The number of nitrogens with zero attached hydrogens (tertiary/aromatic N) is 1. The zero-order chi connectivity index (χ0) is 11.4. The fraction of sp³-hybridized carbons (Fsp3) is 0.538. The van der Waals surface area contributed by atoms with Gasteiger partial charge in [-0.1, -0.05) is 12.1 Å². The van der Waals surface area contributed by atoms with Gasteiger partial charge in [0.2, 0.25) is 0 Å². The Kier molecular flexibility index (Phi) is 3.78. The Morgan fingerprint density at radius 2 is 2.19 bits per heavy atom. The van der Waals surface area contributed by atoms with Crippen molar-refractivity contribution in [1.82, 2.24) is 0 Å². The minimum atomic E-state index is -0.623. The highest BCUT2D eigenvalue weighted by Gasteiger charge is 2.16. The van der Waals surface area contributed by atoms with Crippen LogP contribution < -0.4 is 10.6 Å². The lowest BCUT2D eigenvalue weighted by Crippen LogP contribution is -2.24. The molecule has 1 saturated heterocycles. The smallest absolute Gasteiger partial charge is 0.102 e. The fourth-order valence-electron chi connectivity index (χ4n) is 2.19. The summed E-state index contributed by atoms with van der Waals surface area (Å²) in [5.41, 5.74) is 7.94. The van der Waals surface area contributed by atoms with Crippen LogP contribution in [-0.4, -0.2) is 19.3 Å². The second-order valence-corrected chi connectivity index (χ2v) is 4.39. The van der Waals surface area contributed by atoms with Gasteiger partial charge in [-0.3, -0.25) is 0 Å². The normalized spacial score (nSPS) is 21.9. The molecule has 2 nitrogen and oxygen atoms in total. The van der Waals surface area contributed by atoms with Gasteiger partial charge in [0.05, 0.1) is 0 Å². The average molecular weight is 222 g/mol. The highest BCUT2D eigenvalue weighted by molar-refractivity contribution is 5.48. The summed E-state index contributed by atoms with van der Waals surface area (Å²) in [6.45, 7) is 2.33. The summed E-state index contributed by atoms with van der Waals surface area (Å²) in [5.74, 6) is 0. The average Bonchev–Trinajstić information content (AvgIpc) is 2.54. The van der Waals surface area contributed by atoms with Gasteiger partial charge < -0.3 is 10.6 Å². The number of anilines is 1. The van der Waals surface area contributed by atoms with Crippen molar-refractivity contribution in [2.24, 2.45) is 5.73 Å². The van der Waals surface area contributed by atoms with E-state index in [4.69, 9.17) is 5.73 Å². The number of hydrogen-bond acceptors (Lipinski definition) is 2. The maximum absolute atomic E-state index is 13.2. The summed E-state index contributed by atoms with van der Waals surface area (Å²) in [5, 5.41) is 0. The molecule has 0 saturated carbocycles. The van der Waals surface area contributed by atoms with Gasteiger partial charge in [-0.15, -0.1) is 0 Å². The largest absolute Gasteiger partial charge is 0.371 e. The zero-order valence-corrected chi connectivity index (χ0v) is 9.53. The molecule has 1 heterocycles. The molecule has 16 heavy (non-hydrogen) atoms. The third-order valence-electron chi connectivity index (χ3n) is 3.17. The van der Waals surface area contributed by atoms with Crippen LogP contribution in [0.25, 0.3) is 0 Å². The predicted molar refractivity (Wildman–Crippen MR) is 65.3 cm³/mol. The van der Waals surface area contributed by atoms with Crippen molar-refractivity contribution in [3.05, 3.63) is 29.8 Å². The second-order valence-electron chi connectivity index (χ2n) is 4.39. The zero-order valence-electron chi connectivity index (χ0n) is 9.53. The van der Waals surface area contributed by atoms with E-state index in [1.807, 2.05) is 12.1 Å². The third-order valence-corrected chi connectivity index (χ3v) is 3.17. The van der Waals surface area contributed by atoms with E-state index in [1.165, 1.54) is 5.69 Å². The lowest BCUT2D eigenvalue weighted by Gasteiger charge is -2.23. The number of alkyl halides is 1. The number of rotatable bonds is 2. The van der Waals surface area contributed by atoms with E-state index in [2.05, 4.69) is 17.0 Å². The fourth-order valence-corrected chi connectivity index (χ4v) is 2.19. The maximum Gasteiger partial charge on any atom is 0.102 e. The highest BCUT2D eigenvalue weighted by atomic mass is 19.1. The third kappa shape index (κ3) is 2.73. The minimum absolute atomic E-state index is 0.563. The molecular weight excluding hydrogens is 203 g/mol. The standard InChI is InChI=1S/C13H19FN2/c14-12-4-2-7-16(8-6-12)13-5-1-3-11(9-13)10-15/h1,3,5,9,12H,2,4,6-8,10,15H2. The first-order valence-electron chi connectivity index (χ1n) is 5.97. The molecule has 0 spiro atoms. The molecule has 0 aromatic heterocycles. The molecule has 1 unspecified atom stereocenters. The van der Waals surface area contributed by atoms with E-state index in [0.29, 0.717) is 19.4 Å². The Hall–Kier alpha value is -1.09. The van der Waals surface area contributed by atoms with Crippen molar-refractivity contribution in [2.45, 2.75) is 32.0 Å². The topological polar surface area (TPSA) is 29.3 Å². The maximum atomic E-state index is 13.2. The van der Waals surface area contributed by atoms with Crippen molar-refractivity contribution in [1.29, 1.82) is 0 Å². The van der Waals surface area contributed by atoms with Gasteiger partial charge >= 0.3 is 0 Å². The molecule has 1 aromatic rings. The number of benzene rings is 1. The summed E-state index contributed by atoms with van der Waals surface area (Å²) >= 11 is 0. The van der Waals surface area contributed by atoms with Crippen molar-refractivity contribution in [3.63, 3.8) is 0 Å². The lowest BCUT2D eigenvalue weighted by atomic mass is 10.2. The molecule has 88 valence electrons. The molecule has 0 aliphatic carbocycles. The van der Waals surface area contributed by atoms with Crippen LogP contribution in [0.5, 0.6) is 0 Å². The summed E-state index contributed by atoms with van der Waals surface area (Å²) < 4.78 is 13.2. The summed E-state index contributed by atoms with van der Waals surface area (Å²) in [6, 6.07) is 8.24. The predicted octanol–water partition coefficient (Wildman–Crippen LogP) is 2.47. The minimum Gasteiger partial charge on any atom is -0.371 e. The lowest BCUT2D eigenvalue weighted by molar-refractivity contribution is 0.307. The van der Waals surface area contributed by atoms with Crippen LogP contribution in [0.15, 0.2) is 24.3 Å². The summed E-state index contributed by atoms with van der Waals surface area (Å²) in [7, 11) is 0. The van der Waals surface area contributed by atoms with Crippen LogP contribution in [-0.2, 0) is 6.54 Å². The first kappa shape index (κ1) is 11.4. The summed E-state index contributed by atoms with van der Waals surface area (Å²) in [4.78, 5) is 2.26. The van der Waals surface area contributed by atoms with Gasteiger partial charge in [-0.2, -0.15) is 0 Å². The van der Waals surface area contributed by atoms with Crippen LogP contribution in [0.3, 0.4) is 0 Å². The van der Waals surface area contributed by atoms with Crippen LogP contribution >= 0.6 is 0 Å². The first-order valence-corrected chi connectivity index (χ1v) is 5.97. The van der Waals surface area contributed by atoms with Crippen LogP contribution in [0.2, 0.25) is 0 Å². The van der Waals surface area contributed by atoms with E-state index in [9.17, 15) is 4.39 Å². The van der Waals surface area contributed by atoms with E-state index >= 15 is 0 Å². The van der Waals surface area contributed by atoms with E-state index in [-0.39, 0.29) is 0 Å². The SMILES string of the molecule is NCc1cccc(N2CCCC(F)CC2)c1. The molecule has 0 radical (unpaired) electrons. The molecule has 1 aromatic carbocycles. The van der Waals surface area contributed by atoms with Gasteiger partial charge in [0.25, 0.3) is 0 Å². The molecule has 1 atom stereocenters. The Balaban J connectivity index is 2.10. The summed E-state index contributed by atoms with van der Waals surface area (Å²) in [6.07, 6.45) is 1.66. The molecule has 0 amide bonds. The number of halogens is 1. The number of nitrogens with two attached hydrogens (primary N) is 1. The number of hydrogen-bond donors (Lipinski definition) is 1. The molecule has 2 rings (SSSR count). The Bertz CT molecular complexity index is 340. The van der Waals surface area contributed by atoms with E-state index in [0.717, 1.165) is 25.1 Å². The van der Waals surface area contributed by atoms with Gasteiger partial charge in [-0.25, -0.2) is 4.39 Å².